The Labute approximate surface area is 109 Å². The lowest BCUT2D eigenvalue weighted by molar-refractivity contribution is 0.626. The van der Waals surface area contributed by atoms with Crippen molar-refractivity contribution in [3.8, 4) is 0 Å². The van der Waals surface area contributed by atoms with Crippen LogP contribution in [0.3, 0.4) is 0 Å². The fraction of sp³-hybridized carbons (Fsp3) is 0.333. The van der Waals surface area contributed by atoms with Crippen LogP contribution in [0.2, 0.25) is 0 Å². The van der Waals surface area contributed by atoms with E-state index in [1.165, 1.54) is 12.1 Å². The molecule has 2 nitrogen and oxygen atoms in total. The summed E-state index contributed by atoms with van der Waals surface area (Å²) in [6.45, 7) is 10.6. The van der Waals surface area contributed by atoms with Crippen molar-refractivity contribution in [2.75, 3.05) is 11.4 Å². The van der Waals surface area contributed by atoms with Gasteiger partial charge >= 0.3 is 0 Å². The third kappa shape index (κ3) is 3.91. The number of nitrogens with zero attached hydrogens (tertiary/aromatic N) is 1. The van der Waals surface area contributed by atoms with Gasteiger partial charge in [0.25, 0.3) is 0 Å². The van der Waals surface area contributed by atoms with E-state index in [0.29, 0.717) is 6.04 Å². The minimum Gasteiger partial charge on any atom is -0.364 e. The van der Waals surface area contributed by atoms with Crippen LogP contribution in [-0.2, 0) is 0 Å². The van der Waals surface area contributed by atoms with Gasteiger partial charge in [0, 0.05) is 17.4 Å². The average molecular weight is 248 g/mol. The summed E-state index contributed by atoms with van der Waals surface area (Å²) in [4.78, 5) is 2.20. The van der Waals surface area contributed by atoms with Crippen LogP contribution in [0.15, 0.2) is 48.8 Å². The fourth-order valence-electron chi connectivity index (χ4n) is 1.74. The number of allylic oxidation sites excluding steroid dienone is 1. The third-order valence-corrected chi connectivity index (χ3v) is 2.76. The molecule has 3 heteroatoms. The van der Waals surface area contributed by atoms with Gasteiger partial charge in [-0.15, -0.1) is 0 Å². The van der Waals surface area contributed by atoms with Gasteiger partial charge in [0.05, 0.1) is 6.54 Å². The van der Waals surface area contributed by atoms with E-state index in [0.717, 1.165) is 17.9 Å². The van der Waals surface area contributed by atoms with Crippen LogP contribution in [0.1, 0.15) is 20.8 Å². The number of hydrogen-bond acceptors (Lipinski definition) is 2. The quantitative estimate of drug-likeness (QED) is 0.826. The van der Waals surface area contributed by atoms with Crippen molar-refractivity contribution < 1.29 is 4.39 Å². The SMILES string of the molecule is C=CN/C(=C\C)CN(c1ccc(F)cc1)C(C)C. The van der Waals surface area contributed by atoms with Gasteiger partial charge in [0.2, 0.25) is 0 Å². The van der Waals surface area contributed by atoms with E-state index >= 15 is 0 Å². The topological polar surface area (TPSA) is 15.3 Å². The lowest BCUT2D eigenvalue weighted by atomic mass is 10.2. The van der Waals surface area contributed by atoms with Crippen LogP contribution in [0.25, 0.3) is 0 Å². The van der Waals surface area contributed by atoms with Gasteiger partial charge in [0.1, 0.15) is 5.82 Å². The van der Waals surface area contributed by atoms with Gasteiger partial charge in [-0.1, -0.05) is 12.7 Å². The zero-order valence-corrected chi connectivity index (χ0v) is 11.3. The van der Waals surface area contributed by atoms with Crippen LogP contribution < -0.4 is 10.2 Å². The van der Waals surface area contributed by atoms with Crippen molar-refractivity contribution in [3.05, 3.63) is 54.6 Å². The highest BCUT2D eigenvalue weighted by Gasteiger charge is 2.11. The minimum absolute atomic E-state index is 0.210. The first-order valence-electron chi connectivity index (χ1n) is 6.13. The molecule has 0 aromatic heterocycles. The van der Waals surface area contributed by atoms with Crippen molar-refractivity contribution in [1.82, 2.24) is 5.32 Å². The maximum atomic E-state index is 12.9. The highest BCUT2D eigenvalue weighted by atomic mass is 19.1. The molecule has 0 bridgehead atoms. The van der Waals surface area contributed by atoms with Crippen LogP contribution >= 0.6 is 0 Å². The van der Waals surface area contributed by atoms with Crippen molar-refractivity contribution in [1.29, 1.82) is 0 Å². The van der Waals surface area contributed by atoms with Crippen molar-refractivity contribution in [2.45, 2.75) is 26.8 Å². The second-order valence-electron chi connectivity index (χ2n) is 4.36. The van der Waals surface area contributed by atoms with E-state index in [4.69, 9.17) is 0 Å². The van der Waals surface area contributed by atoms with E-state index < -0.39 is 0 Å². The number of halogens is 1. The first-order chi connectivity index (χ1) is 8.58. The summed E-state index contributed by atoms with van der Waals surface area (Å²) in [5.74, 6) is -0.210. The molecule has 18 heavy (non-hydrogen) atoms. The second kappa shape index (κ2) is 6.84. The molecule has 0 spiro atoms. The molecule has 98 valence electrons. The van der Waals surface area contributed by atoms with Crippen molar-refractivity contribution in [3.63, 3.8) is 0 Å². The third-order valence-electron chi connectivity index (χ3n) is 2.76. The first-order valence-corrected chi connectivity index (χ1v) is 6.13. The van der Waals surface area contributed by atoms with Crippen LogP contribution in [-0.4, -0.2) is 12.6 Å². The van der Waals surface area contributed by atoms with E-state index in [9.17, 15) is 4.39 Å². The molecule has 0 aliphatic heterocycles. The van der Waals surface area contributed by atoms with Crippen LogP contribution in [0.4, 0.5) is 10.1 Å². The van der Waals surface area contributed by atoms with Gasteiger partial charge in [0.15, 0.2) is 0 Å². The molecule has 0 atom stereocenters. The second-order valence-corrected chi connectivity index (χ2v) is 4.36. The molecule has 0 radical (unpaired) electrons. The summed E-state index contributed by atoms with van der Waals surface area (Å²) in [7, 11) is 0. The molecule has 1 aromatic carbocycles. The number of nitrogens with one attached hydrogen (secondary N) is 1. The monoisotopic (exact) mass is 248 g/mol. The Kier molecular flexibility index (Phi) is 5.43. The molecule has 0 aliphatic rings. The molecule has 0 fully saturated rings. The zero-order chi connectivity index (χ0) is 13.5. The highest BCUT2D eigenvalue weighted by Crippen LogP contribution is 2.18. The molecular formula is C15H21FN2. The number of anilines is 1. The molecule has 0 saturated heterocycles. The Bertz CT molecular complexity index is 407. The molecule has 0 heterocycles. The van der Waals surface area contributed by atoms with Gasteiger partial charge in [-0.25, -0.2) is 4.39 Å². The van der Waals surface area contributed by atoms with Crippen molar-refractivity contribution >= 4 is 5.69 Å². The smallest absolute Gasteiger partial charge is 0.123 e. The lowest BCUT2D eigenvalue weighted by Crippen LogP contribution is -2.34. The predicted molar refractivity (Wildman–Crippen MR) is 76.0 cm³/mol. The van der Waals surface area contributed by atoms with Crippen LogP contribution in [0.5, 0.6) is 0 Å². The normalized spacial score (nSPS) is 11.5. The van der Waals surface area contributed by atoms with E-state index in [-0.39, 0.29) is 5.82 Å². The first kappa shape index (κ1) is 14.3. The minimum atomic E-state index is -0.210. The molecular weight excluding hydrogens is 227 g/mol. The van der Waals surface area contributed by atoms with Gasteiger partial charge in [-0.05, 0) is 51.2 Å². The molecule has 0 amide bonds. The number of hydrogen-bond donors (Lipinski definition) is 1. The van der Waals surface area contributed by atoms with Gasteiger partial charge in [-0.2, -0.15) is 0 Å². The summed E-state index contributed by atoms with van der Waals surface area (Å²) >= 11 is 0. The summed E-state index contributed by atoms with van der Waals surface area (Å²) < 4.78 is 12.9. The molecule has 0 unspecified atom stereocenters. The van der Waals surface area contributed by atoms with Gasteiger partial charge < -0.3 is 10.2 Å². The Morgan fingerprint density at radius 2 is 2.00 bits per heavy atom. The molecule has 1 rings (SSSR count). The number of rotatable bonds is 6. The lowest BCUT2D eigenvalue weighted by Gasteiger charge is -2.30. The van der Waals surface area contributed by atoms with E-state index in [1.807, 2.05) is 13.0 Å². The Morgan fingerprint density at radius 1 is 1.39 bits per heavy atom. The molecule has 1 N–H and O–H groups in total. The van der Waals surface area contributed by atoms with Crippen molar-refractivity contribution in [2.24, 2.45) is 0 Å². The fourth-order valence-corrected chi connectivity index (χ4v) is 1.74. The summed E-state index contributed by atoms with van der Waals surface area (Å²) in [5.41, 5.74) is 2.08. The van der Waals surface area contributed by atoms with E-state index in [2.05, 4.69) is 30.6 Å². The summed E-state index contributed by atoms with van der Waals surface area (Å²) in [6, 6.07) is 6.91. The number of benzene rings is 1. The molecule has 1 aromatic rings. The zero-order valence-electron chi connectivity index (χ0n) is 11.3. The highest BCUT2D eigenvalue weighted by molar-refractivity contribution is 5.48. The largest absolute Gasteiger partial charge is 0.364 e. The van der Waals surface area contributed by atoms with Gasteiger partial charge in [-0.3, -0.25) is 0 Å². The maximum absolute atomic E-state index is 12.9. The summed E-state index contributed by atoms with van der Waals surface area (Å²) in [6.07, 6.45) is 3.68. The molecule has 0 aliphatic carbocycles. The Balaban J connectivity index is 2.89. The Hall–Kier alpha value is -1.77. The average Bonchev–Trinajstić information content (AvgIpc) is 2.35. The predicted octanol–water partition coefficient (Wildman–Crippen LogP) is 3.68. The Morgan fingerprint density at radius 3 is 2.44 bits per heavy atom. The maximum Gasteiger partial charge on any atom is 0.123 e. The van der Waals surface area contributed by atoms with E-state index in [1.54, 1.807) is 18.3 Å². The summed E-state index contributed by atoms with van der Waals surface area (Å²) in [5, 5.41) is 3.11. The van der Waals surface area contributed by atoms with Crippen LogP contribution in [0, 0.1) is 5.82 Å². The standard InChI is InChI=1S/C15H21FN2/c1-5-14(17-6-2)11-18(12(3)4)15-9-7-13(16)8-10-15/h5-10,12,17H,2,11H2,1,3-4H3/b14-5-. The molecule has 0 saturated carbocycles.